The van der Waals surface area contributed by atoms with E-state index in [-0.39, 0.29) is 5.91 Å². The predicted molar refractivity (Wildman–Crippen MR) is 71.1 cm³/mol. The second-order valence-electron chi connectivity index (χ2n) is 3.58. The van der Waals surface area contributed by atoms with Crippen molar-refractivity contribution in [1.29, 1.82) is 0 Å². The number of para-hydroxylation sites is 1. The Hall–Kier alpha value is -1.39. The summed E-state index contributed by atoms with van der Waals surface area (Å²) < 4.78 is 4.16. The highest BCUT2D eigenvalue weighted by atomic mass is 35.5. The summed E-state index contributed by atoms with van der Waals surface area (Å²) in [7, 11) is 0. The van der Waals surface area contributed by atoms with E-state index < -0.39 is 0 Å². The van der Waals surface area contributed by atoms with Gasteiger partial charge in [-0.3, -0.25) is 9.69 Å². The van der Waals surface area contributed by atoms with Crippen LogP contribution >= 0.6 is 23.1 Å². The molecule has 2 rings (SSSR count). The number of nitrogens with zero attached hydrogens (tertiary/aromatic N) is 2. The lowest BCUT2D eigenvalue weighted by Gasteiger charge is -2.19. The minimum atomic E-state index is -0.0817. The van der Waals surface area contributed by atoms with Gasteiger partial charge in [-0.1, -0.05) is 29.8 Å². The van der Waals surface area contributed by atoms with E-state index >= 15 is 0 Å². The molecule has 0 fully saturated rings. The maximum atomic E-state index is 11.8. The van der Waals surface area contributed by atoms with Crippen LogP contribution in [0.15, 0.2) is 30.3 Å². The van der Waals surface area contributed by atoms with Crippen LogP contribution in [-0.4, -0.2) is 10.3 Å². The molecule has 0 saturated heterocycles. The van der Waals surface area contributed by atoms with Crippen molar-refractivity contribution in [2.45, 2.75) is 13.8 Å². The normalized spacial score (nSPS) is 10.3. The van der Waals surface area contributed by atoms with Crippen LogP contribution in [0.3, 0.4) is 0 Å². The number of hydrogen-bond donors (Lipinski definition) is 0. The van der Waals surface area contributed by atoms with Crippen LogP contribution in [0.4, 0.5) is 10.7 Å². The maximum Gasteiger partial charge on any atom is 0.229 e. The average molecular weight is 267 g/mol. The Bertz CT molecular complexity index is 539. The molecule has 0 aliphatic carbocycles. The van der Waals surface area contributed by atoms with Crippen molar-refractivity contribution in [2.75, 3.05) is 4.90 Å². The van der Waals surface area contributed by atoms with Gasteiger partial charge in [-0.2, -0.15) is 4.37 Å². The van der Waals surface area contributed by atoms with Gasteiger partial charge in [-0.15, -0.1) is 0 Å². The molecule has 3 nitrogen and oxygen atoms in total. The number of carbonyl (C=O) groups excluding carboxylic acids is 1. The molecular weight excluding hydrogens is 256 g/mol. The highest BCUT2D eigenvalue weighted by molar-refractivity contribution is 7.11. The van der Waals surface area contributed by atoms with Gasteiger partial charge in [0.15, 0.2) is 0 Å². The summed E-state index contributed by atoms with van der Waals surface area (Å²) in [4.78, 5) is 13.3. The maximum absolute atomic E-state index is 11.8. The van der Waals surface area contributed by atoms with E-state index in [2.05, 4.69) is 4.37 Å². The zero-order valence-electron chi connectivity index (χ0n) is 9.48. The molecule has 0 unspecified atom stereocenters. The quantitative estimate of drug-likeness (QED) is 0.829. The first-order valence-electron chi connectivity index (χ1n) is 5.08. The van der Waals surface area contributed by atoms with Crippen molar-refractivity contribution < 1.29 is 4.79 Å². The van der Waals surface area contributed by atoms with Gasteiger partial charge >= 0.3 is 0 Å². The summed E-state index contributed by atoms with van der Waals surface area (Å²) in [5.41, 5.74) is 1.54. The van der Waals surface area contributed by atoms with E-state index in [1.165, 1.54) is 18.5 Å². The molecule has 1 aromatic carbocycles. The fraction of sp³-hybridized carbons (Fsp3) is 0.167. The highest BCUT2D eigenvalue weighted by Gasteiger charge is 2.20. The first-order valence-corrected chi connectivity index (χ1v) is 6.24. The SMILES string of the molecule is CC(=O)N(c1ccccc1)c1snc(C)c1Cl. The molecule has 17 heavy (non-hydrogen) atoms. The van der Waals surface area contributed by atoms with E-state index in [1.807, 2.05) is 37.3 Å². The molecule has 0 radical (unpaired) electrons. The van der Waals surface area contributed by atoms with Crippen LogP contribution in [0, 0.1) is 6.92 Å². The van der Waals surface area contributed by atoms with Crippen LogP contribution in [0.1, 0.15) is 12.6 Å². The second kappa shape index (κ2) is 4.85. The first-order chi connectivity index (χ1) is 8.11. The van der Waals surface area contributed by atoms with E-state index in [0.29, 0.717) is 10.0 Å². The van der Waals surface area contributed by atoms with Gasteiger partial charge in [0.05, 0.1) is 10.7 Å². The summed E-state index contributed by atoms with van der Waals surface area (Å²) in [6.07, 6.45) is 0. The van der Waals surface area contributed by atoms with Crippen LogP contribution in [0.25, 0.3) is 0 Å². The molecular formula is C12H11ClN2OS. The fourth-order valence-corrected chi connectivity index (χ4v) is 2.64. The largest absolute Gasteiger partial charge is 0.274 e. The van der Waals surface area contributed by atoms with Crippen LogP contribution in [0.5, 0.6) is 0 Å². The Morgan fingerprint density at radius 1 is 1.35 bits per heavy atom. The van der Waals surface area contributed by atoms with Crippen LogP contribution in [0.2, 0.25) is 5.02 Å². The monoisotopic (exact) mass is 266 g/mol. The zero-order valence-corrected chi connectivity index (χ0v) is 11.0. The summed E-state index contributed by atoms with van der Waals surface area (Å²) in [6, 6.07) is 9.40. The molecule has 5 heteroatoms. The lowest BCUT2D eigenvalue weighted by atomic mass is 10.3. The van der Waals surface area contributed by atoms with Gasteiger partial charge in [0, 0.05) is 12.6 Å². The van der Waals surface area contributed by atoms with Gasteiger partial charge in [0.2, 0.25) is 5.91 Å². The van der Waals surface area contributed by atoms with Gasteiger partial charge in [0.1, 0.15) is 5.00 Å². The van der Waals surface area contributed by atoms with E-state index in [1.54, 1.807) is 4.90 Å². The standard InChI is InChI=1S/C12H11ClN2OS/c1-8-11(13)12(17-14-8)15(9(2)16)10-6-4-3-5-7-10/h3-7H,1-2H3. The molecule has 1 heterocycles. The molecule has 1 amide bonds. The van der Waals surface area contributed by atoms with E-state index in [0.717, 1.165) is 11.4 Å². The lowest BCUT2D eigenvalue weighted by molar-refractivity contribution is -0.115. The molecule has 2 aromatic rings. The smallest absolute Gasteiger partial charge is 0.229 e. The zero-order chi connectivity index (χ0) is 12.4. The summed E-state index contributed by atoms with van der Waals surface area (Å²) in [5, 5.41) is 1.21. The predicted octanol–water partition coefficient (Wildman–Crippen LogP) is 3.79. The van der Waals surface area contributed by atoms with E-state index in [4.69, 9.17) is 11.6 Å². The van der Waals surface area contributed by atoms with Gasteiger partial charge < -0.3 is 0 Å². The topological polar surface area (TPSA) is 33.2 Å². The Morgan fingerprint density at radius 2 is 2.00 bits per heavy atom. The molecule has 0 N–H and O–H groups in total. The molecule has 0 aliphatic heterocycles. The number of carbonyl (C=O) groups is 1. The lowest BCUT2D eigenvalue weighted by Crippen LogP contribution is -2.21. The van der Waals surface area contributed by atoms with Crippen molar-refractivity contribution in [3.63, 3.8) is 0 Å². The van der Waals surface area contributed by atoms with Crippen molar-refractivity contribution in [1.82, 2.24) is 4.37 Å². The third kappa shape index (κ3) is 2.33. The molecule has 88 valence electrons. The van der Waals surface area contributed by atoms with Crippen molar-refractivity contribution >= 4 is 39.7 Å². The number of aryl methyl sites for hydroxylation is 1. The van der Waals surface area contributed by atoms with Crippen LogP contribution < -0.4 is 4.90 Å². The molecule has 0 bridgehead atoms. The third-order valence-corrected chi connectivity index (χ3v) is 3.80. The second-order valence-corrected chi connectivity index (χ2v) is 4.71. The van der Waals surface area contributed by atoms with E-state index in [9.17, 15) is 4.79 Å². The Morgan fingerprint density at radius 3 is 2.47 bits per heavy atom. The summed E-state index contributed by atoms with van der Waals surface area (Å²) in [5.74, 6) is -0.0817. The first kappa shape index (κ1) is 12.1. The number of amides is 1. The van der Waals surface area contributed by atoms with Gasteiger partial charge in [-0.25, -0.2) is 0 Å². The number of aromatic nitrogens is 1. The highest BCUT2D eigenvalue weighted by Crippen LogP contribution is 2.37. The number of rotatable bonds is 2. The van der Waals surface area contributed by atoms with Crippen molar-refractivity contribution in [3.05, 3.63) is 41.0 Å². The van der Waals surface area contributed by atoms with Gasteiger partial charge in [-0.05, 0) is 30.6 Å². The summed E-state index contributed by atoms with van der Waals surface area (Å²) in [6.45, 7) is 3.34. The summed E-state index contributed by atoms with van der Waals surface area (Å²) >= 11 is 7.38. The minimum Gasteiger partial charge on any atom is -0.274 e. The van der Waals surface area contributed by atoms with Crippen molar-refractivity contribution in [2.24, 2.45) is 0 Å². The van der Waals surface area contributed by atoms with Crippen LogP contribution in [-0.2, 0) is 4.79 Å². The molecule has 0 atom stereocenters. The number of benzene rings is 1. The fourth-order valence-electron chi connectivity index (χ4n) is 1.50. The Labute approximate surface area is 109 Å². The molecule has 0 spiro atoms. The number of anilines is 2. The van der Waals surface area contributed by atoms with Gasteiger partial charge in [0.25, 0.3) is 0 Å². The Balaban J connectivity index is 2.51. The Kier molecular flexibility index (Phi) is 3.45. The van der Waals surface area contributed by atoms with Crippen molar-refractivity contribution in [3.8, 4) is 0 Å². The molecule has 1 aromatic heterocycles. The molecule has 0 saturated carbocycles. The molecule has 0 aliphatic rings. The number of hydrogen-bond acceptors (Lipinski definition) is 3. The average Bonchev–Trinajstić information content (AvgIpc) is 2.63. The number of halogens is 1. The third-order valence-electron chi connectivity index (χ3n) is 2.31. The minimum absolute atomic E-state index is 0.0817.